The Morgan fingerprint density at radius 3 is 2.82 bits per heavy atom. The minimum Gasteiger partial charge on any atom is -0.380 e. The molecule has 1 rings (SSSR count). The van der Waals surface area contributed by atoms with Gasteiger partial charge >= 0.3 is 0 Å². The first-order valence-corrected chi connectivity index (χ1v) is 7.05. The fourth-order valence-electron chi connectivity index (χ4n) is 1.52. The van der Waals surface area contributed by atoms with Crippen LogP contribution in [0.5, 0.6) is 0 Å². The van der Waals surface area contributed by atoms with Gasteiger partial charge in [0, 0.05) is 25.1 Å². The van der Waals surface area contributed by atoms with Gasteiger partial charge in [0.15, 0.2) is 0 Å². The van der Waals surface area contributed by atoms with Crippen molar-refractivity contribution in [3.63, 3.8) is 0 Å². The summed E-state index contributed by atoms with van der Waals surface area (Å²) >= 11 is 1.64. The van der Waals surface area contributed by atoms with Crippen LogP contribution < -0.4 is 5.73 Å². The first-order chi connectivity index (χ1) is 8.17. The summed E-state index contributed by atoms with van der Waals surface area (Å²) in [5.74, 6) is 0. The molecule has 0 aliphatic heterocycles. The van der Waals surface area contributed by atoms with E-state index in [1.54, 1.807) is 11.3 Å². The van der Waals surface area contributed by atoms with E-state index in [1.807, 2.05) is 13.8 Å². The number of rotatable bonds is 8. The van der Waals surface area contributed by atoms with Gasteiger partial charge in [-0.2, -0.15) is 0 Å². The van der Waals surface area contributed by atoms with E-state index in [9.17, 15) is 0 Å². The van der Waals surface area contributed by atoms with Gasteiger partial charge in [-0.1, -0.05) is 6.92 Å². The predicted molar refractivity (Wildman–Crippen MR) is 72.2 cm³/mol. The van der Waals surface area contributed by atoms with E-state index in [0.717, 1.165) is 43.5 Å². The molecule has 1 aromatic rings. The Hall–Kier alpha value is -0.490. The highest BCUT2D eigenvalue weighted by atomic mass is 32.1. The van der Waals surface area contributed by atoms with Crippen LogP contribution in [0.3, 0.4) is 0 Å². The minimum absolute atomic E-state index is 0.0345. The zero-order valence-electron chi connectivity index (χ0n) is 11.0. The third kappa shape index (κ3) is 5.12. The van der Waals surface area contributed by atoms with Gasteiger partial charge in [0.05, 0.1) is 18.3 Å². The van der Waals surface area contributed by atoms with Crippen LogP contribution in [0.1, 0.15) is 37.5 Å². The van der Waals surface area contributed by atoms with Crippen molar-refractivity contribution in [1.29, 1.82) is 0 Å². The lowest BCUT2D eigenvalue weighted by molar-refractivity contribution is 0.112. The van der Waals surface area contributed by atoms with Gasteiger partial charge in [0.25, 0.3) is 0 Å². The fourth-order valence-corrected chi connectivity index (χ4v) is 2.29. The summed E-state index contributed by atoms with van der Waals surface area (Å²) in [6.07, 6.45) is 0. The van der Waals surface area contributed by atoms with Gasteiger partial charge < -0.3 is 10.5 Å². The molecule has 17 heavy (non-hydrogen) atoms. The monoisotopic (exact) mass is 257 g/mol. The molecule has 0 bridgehead atoms. The number of likely N-dealkylation sites (N-methyl/N-ethyl adjacent to an activating group) is 1. The summed E-state index contributed by atoms with van der Waals surface area (Å²) < 4.78 is 5.37. The average molecular weight is 257 g/mol. The summed E-state index contributed by atoms with van der Waals surface area (Å²) in [4.78, 5) is 6.87. The second-order valence-corrected chi connectivity index (χ2v) is 4.92. The largest absolute Gasteiger partial charge is 0.380 e. The molecule has 1 aromatic heterocycles. The van der Waals surface area contributed by atoms with Crippen molar-refractivity contribution >= 4 is 11.3 Å². The molecular formula is C12H23N3OS. The molecule has 0 aliphatic rings. The van der Waals surface area contributed by atoms with Crippen LogP contribution >= 0.6 is 11.3 Å². The van der Waals surface area contributed by atoms with Gasteiger partial charge in [0.1, 0.15) is 5.01 Å². The van der Waals surface area contributed by atoms with Crippen LogP contribution in [0.15, 0.2) is 5.38 Å². The molecule has 0 amide bonds. The molecule has 98 valence electrons. The van der Waals surface area contributed by atoms with E-state index in [0.29, 0.717) is 0 Å². The normalized spacial score (nSPS) is 13.2. The van der Waals surface area contributed by atoms with E-state index >= 15 is 0 Å². The molecule has 0 aliphatic carbocycles. The van der Waals surface area contributed by atoms with Crippen LogP contribution in [0.2, 0.25) is 0 Å². The number of hydrogen-bond acceptors (Lipinski definition) is 5. The molecule has 2 N–H and O–H groups in total. The quantitative estimate of drug-likeness (QED) is 0.724. The average Bonchev–Trinajstić information content (AvgIpc) is 2.76. The maximum Gasteiger partial charge on any atom is 0.109 e. The summed E-state index contributed by atoms with van der Waals surface area (Å²) in [5.41, 5.74) is 6.91. The van der Waals surface area contributed by atoms with Crippen molar-refractivity contribution in [2.45, 2.75) is 33.4 Å². The number of nitrogens with zero attached hydrogens (tertiary/aromatic N) is 2. The molecule has 4 nitrogen and oxygen atoms in total. The molecular weight excluding hydrogens is 234 g/mol. The molecule has 0 fully saturated rings. The van der Waals surface area contributed by atoms with Gasteiger partial charge in [-0.15, -0.1) is 11.3 Å². The Labute approximate surface area is 108 Å². The Kier molecular flexibility index (Phi) is 6.65. The second-order valence-electron chi connectivity index (χ2n) is 4.03. The second kappa shape index (κ2) is 7.76. The first kappa shape index (κ1) is 14.6. The van der Waals surface area contributed by atoms with Crippen LogP contribution in [-0.4, -0.2) is 36.2 Å². The number of nitrogens with two attached hydrogens (primary N) is 1. The van der Waals surface area contributed by atoms with Crippen molar-refractivity contribution in [2.75, 3.05) is 26.3 Å². The lowest BCUT2D eigenvalue weighted by Gasteiger charge is -2.18. The Morgan fingerprint density at radius 2 is 2.29 bits per heavy atom. The van der Waals surface area contributed by atoms with Crippen LogP contribution in [0.25, 0.3) is 0 Å². The highest BCUT2D eigenvalue weighted by Gasteiger charge is 2.09. The van der Waals surface area contributed by atoms with Crippen molar-refractivity contribution in [3.8, 4) is 0 Å². The molecule has 0 spiro atoms. The summed E-state index contributed by atoms with van der Waals surface area (Å²) in [5, 5.41) is 3.11. The molecule has 1 atom stereocenters. The molecule has 0 saturated carbocycles. The summed E-state index contributed by atoms with van der Waals surface area (Å²) in [7, 11) is 0. The van der Waals surface area contributed by atoms with Gasteiger partial charge in [-0.25, -0.2) is 4.98 Å². The van der Waals surface area contributed by atoms with E-state index < -0.39 is 0 Å². The number of aromatic nitrogens is 1. The standard InChI is InChI=1S/C12H23N3OS/c1-4-15(6-7-16-5-2)8-11-9-17-12(14-11)10(3)13/h9-10H,4-8,13H2,1-3H3. The molecule has 0 aromatic carbocycles. The van der Waals surface area contributed by atoms with Crippen molar-refractivity contribution in [1.82, 2.24) is 9.88 Å². The lowest BCUT2D eigenvalue weighted by Crippen LogP contribution is -2.27. The maximum absolute atomic E-state index is 5.80. The zero-order valence-corrected chi connectivity index (χ0v) is 11.8. The van der Waals surface area contributed by atoms with E-state index in [1.165, 1.54) is 0 Å². The number of ether oxygens (including phenoxy) is 1. The third-order valence-electron chi connectivity index (χ3n) is 2.55. The van der Waals surface area contributed by atoms with E-state index in [4.69, 9.17) is 10.5 Å². The topological polar surface area (TPSA) is 51.4 Å². The fraction of sp³-hybridized carbons (Fsp3) is 0.750. The van der Waals surface area contributed by atoms with E-state index in [-0.39, 0.29) is 6.04 Å². The van der Waals surface area contributed by atoms with Crippen molar-refractivity contribution in [2.24, 2.45) is 5.73 Å². The highest BCUT2D eigenvalue weighted by molar-refractivity contribution is 7.09. The molecule has 1 unspecified atom stereocenters. The predicted octanol–water partition coefficient (Wildman–Crippen LogP) is 2.02. The first-order valence-electron chi connectivity index (χ1n) is 6.17. The Balaban J connectivity index is 2.43. The molecule has 0 saturated heterocycles. The maximum atomic E-state index is 5.80. The summed E-state index contributed by atoms with van der Waals surface area (Å²) in [6, 6.07) is 0.0345. The van der Waals surface area contributed by atoms with Crippen molar-refractivity contribution < 1.29 is 4.74 Å². The number of hydrogen-bond donors (Lipinski definition) is 1. The zero-order chi connectivity index (χ0) is 12.7. The highest BCUT2D eigenvalue weighted by Crippen LogP contribution is 2.16. The van der Waals surface area contributed by atoms with Crippen LogP contribution in [0, 0.1) is 0 Å². The molecule has 0 radical (unpaired) electrons. The van der Waals surface area contributed by atoms with E-state index in [2.05, 4.69) is 22.2 Å². The van der Waals surface area contributed by atoms with Crippen molar-refractivity contribution in [3.05, 3.63) is 16.1 Å². The smallest absolute Gasteiger partial charge is 0.109 e. The third-order valence-corrected chi connectivity index (χ3v) is 3.64. The Morgan fingerprint density at radius 1 is 1.53 bits per heavy atom. The summed E-state index contributed by atoms with van der Waals surface area (Å²) in [6.45, 7) is 10.6. The number of thiazole rings is 1. The minimum atomic E-state index is 0.0345. The molecule has 1 heterocycles. The Bertz CT molecular complexity index is 314. The lowest BCUT2D eigenvalue weighted by atomic mass is 10.3. The van der Waals surface area contributed by atoms with Gasteiger partial charge in [-0.3, -0.25) is 4.90 Å². The van der Waals surface area contributed by atoms with Crippen LogP contribution in [0.4, 0.5) is 0 Å². The molecule has 5 heteroatoms. The SMILES string of the molecule is CCOCCN(CC)Cc1csc(C(C)N)n1. The van der Waals surface area contributed by atoms with Crippen LogP contribution in [-0.2, 0) is 11.3 Å². The van der Waals surface area contributed by atoms with Gasteiger partial charge in [0.2, 0.25) is 0 Å². The van der Waals surface area contributed by atoms with Gasteiger partial charge in [-0.05, 0) is 20.4 Å².